The van der Waals surface area contributed by atoms with Crippen LogP contribution < -0.4 is 4.90 Å². The van der Waals surface area contributed by atoms with Crippen molar-refractivity contribution in [3.63, 3.8) is 0 Å². The number of pyridine rings is 1. The number of hydrogen-bond donors (Lipinski definition) is 0. The first-order valence-corrected chi connectivity index (χ1v) is 7.24. The van der Waals surface area contributed by atoms with Gasteiger partial charge in [0.15, 0.2) is 0 Å². The molecule has 1 aliphatic rings. The summed E-state index contributed by atoms with van der Waals surface area (Å²) in [7, 11) is 0. The molecule has 5 nitrogen and oxygen atoms in total. The highest BCUT2D eigenvalue weighted by Crippen LogP contribution is 2.13. The van der Waals surface area contributed by atoms with E-state index in [1.807, 2.05) is 32.0 Å². The van der Waals surface area contributed by atoms with Crippen LogP contribution in [-0.2, 0) is 4.74 Å². The van der Waals surface area contributed by atoms with E-state index >= 15 is 0 Å². The number of carbonyl (C=O) groups is 1. The molecule has 1 aromatic rings. The molecule has 2 heterocycles. The SMILES string of the molecule is CC(C)COC(=O)N1CCCN(c2ccccn2)CC1. The van der Waals surface area contributed by atoms with Crippen molar-refractivity contribution >= 4 is 11.9 Å². The molecule has 2 rings (SSSR count). The number of hydrogen-bond acceptors (Lipinski definition) is 4. The van der Waals surface area contributed by atoms with E-state index in [9.17, 15) is 4.79 Å². The molecule has 0 bridgehead atoms. The third-order valence-corrected chi connectivity index (χ3v) is 3.27. The topological polar surface area (TPSA) is 45.7 Å². The van der Waals surface area contributed by atoms with E-state index < -0.39 is 0 Å². The van der Waals surface area contributed by atoms with Gasteiger partial charge in [-0.15, -0.1) is 0 Å². The molecular weight excluding hydrogens is 254 g/mol. The fourth-order valence-electron chi connectivity index (χ4n) is 2.20. The van der Waals surface area contributed by atoms with E-state index in [0.29, 0.717) is 19.1 Å². The second-order valence-electron chi connectivity index (χ2n) is 5.49. The quantitative estimate of drug-likeness (QED) is 0.851. The Hall–Kier alpha value is -1.78. The van der Waals surface area contributed by atoms with Gasteiger partial charge < -0.3 is 14.5 Å². The molecule has 1 saturated heterocycles. The van der Waals surface area contributed by atoms with Gasteiger partial charge in [-0.25, -0.2) is 9.78 Å². The smallest absolute Gasteiger partial charge is 0.409 e. The van der Waals surface area contributed by atoms with Crippen LogP contribution >= 0.6 is 0 Å². The van der Waals surface area contributed by atoms with Crippen molar-refractivity contribution in [2.24, 2.45) is 5.92 Å². The molecule has 0 aliphatic carbocycles. The summed E-state index contributed by atoms with van der Waals surface area (Å²) in [6, 6.07) is 5.91. The fourth-order valence-corrected chi connectivity index (χ4v) is 2.20. The van der Waals surface area contributed by atoms with Gasteiger partial charge in [0, 0.05) is 32.4 Å². The molecule has 1 amide bonds. The third kappa shape index (κ3) is 4.11. The molecule has 0 unspecified atom stereocenters. The highest BCUT2D eigenvalue weighted by Gasteiger charge is 2.20. The van der Waals surface area contributed by atoms with Gasteiger partial charge in [0.2, 0.25) is 0 Å². The zero-order valence-electron chi connectivity index (χ0n) is 12.3. The van der Waals surface area contributed by atoms with Gasteiger partial charge in [0.05, 0.1) is 6.61 Å². The van der Waals surface area contributed by atoms with Crippen LogP contribution in [0, 0.1) is 5.92 Å². The zero-order chi connectivity index (χ0) is 14.4. The van der Waals surface area contributed by atoms with E-state index in [-0.39, 0.29) is 6.09 Å². The summed E-state index contributed by atoms with van der Waals surface area (Å²) in [6.45, 7) is 7.73. The van der Waals surface area contributed by atoms with E-state index in [2.05, 4.69) is 9.88 Å². The highest BCUT2D eigenvalue weighted by atomic mass is 16.6. The van der Waals surface area contributed by atoms with Crippen LogP contribution in [0.1, 0.15) is 20.3 Å². The van der Waals surface area contributed by atoms with E-state index in [4.69, 9.17) is 4.74 Å². The van der Waals surface area contributed by atoms with Crippen LogP contribution in [0.3, 0.4) is 0 Å². The summed E-state index contributed by atoms with van der Waals surface area (Å²) in [5.74, 6) is 1.35. The summed E-state index contributed by atoms with van der Waals surface area (Å²) in [5, 5.41) is 0. The van der Waals surface area contributed by atoms with Crippen LogP contribution in [0.4, 0.5) is 10.6 Å². The van der Waals surface area contributed by atoms with E-state index in [1.54, 1.807) is 11.1 Å². The molecule has 1 fully saturated rings. The lowest BCUT2D eigenvalue weighted by atomic mass is 10.2. The van der Waals surface area contributed by atoms with E-state index in [1.165, 1.54) is 0 Å². The van der Waals surface area contributed by atoms with Crippen molar-refractivity contribution in [3.8, 4) is 0 Å². The average molecular weight is 277 g/mol. The fraction of sp³-hybridized carbons (Fsp3) is 0.600. The average Bonchev–Trinajstić information content (AvgIpc) is 2.71. The predicted octanol–water partition coefficient (Wildman–Crippen LogP) is 2.39. The molecule has 110 valence electrons. The minimum atomic E-state index is -0.193. The Labute approximate surface area is 120 Å². The number of amides is 1. The number of carbonyl (C=O) groups excluding carboxylic acids is 1. The molecule has 0 radical (unpaired) electrons. The van der Waals surface area contributed by atoms with Gasteiger partial charge >= 0.3 is 6.09 Å². The largest absolute Gasteiger partial charge is 0.449 e. The van der Waals surface area contributed by atoms with Crippen LogP contribution in [0.2, 0.25) is 0 Å². The Balaban J connectivity index is 1.87. The van der Waals surface area contributed by atoms with Crippen molar-refractivity contribution in [1.82, 2.24) is 9.88 Å². The molecule has 0 saturated carbocycles. The predicted molar refractivity (Wildman–Crippen MR) is 78.8 cm³/mol. The number of rotatable bonds is 3. The van der Waals surface area contributed by atoms with Gasteiger partial charge in [-0.3, -0.25) is 0 Å². The number of ether oxygens (including phenoxy) is 1. The third-order valence-electron chi connectivity index (χ3n) is 3.27. The number of nitrogens with zero attached hydrogens (tertiary/aromatic N) is 3. The standard InChI is InChI=1S/C15H23N3O2/c1-13(2)12-20-15(19)18-9-5-8-17(10-11-18)14-6-3-4-7-16-14/h3-4,6-7,13H,5,8-12H2,1-2H3. The van der Waals surface area contributed by atoms with Gasteiger partial charge in [-0.2, -0.15) is 0 Å². The van der Waals surface area contributed by atoms with E-state index in [0.717, 1.165) is 31.9 Å². The molecule has 0 spiro atoms. The molecule has 1 aliphatic heterocycles. The first kappa shape index (κ1) is 14.6. The normalized spacial score (nSPS) is 16.1. The lowest BCUT2D eigenvalue weighted by Crippen LogP contribution is -2.36. The van der Waals surface area contributed by atoms with Crippen molar-refractivity contribution in [2.45, 2.75) is 20.3 Å². The summed E-state index contributed by atoms with van der Waals surface area (Å²) >= 11 is 0. The second kappa shape index (κ2) is 7.12. The molecule has 0 atom stereocenters. The van der Waals surface area contributed by atoms with Gasteiger partial charge in [-0.1, -0.05) is 19.9 Å². The minimum Gasteiger partial charge on any atom is -0.449 e. The number of aromatic nitrogens is 1. The van der Waals surface area contributed by atoms with Crippen LogP contribution in [0.5, 0.6) is 0 Å². The van der Waals surface area contributed by atoms with Gasteiger partial charge in [0.25, 0.3) is 0 Å². The first-order valence-electron chi connectivity index (χ1n) is 7.24. The first-order chi connectivity index (χ1) is 9.66. The Morgan fingerprint density at radius 3 is 2.85 bits per heavy atom. The lowest BCUT2D eigenvalue weighted by molar-refractivity contribution is 0.0943. The van der Waals surface area contributed by atoms with Gasteiger partial charge in [0.1, 0.15) is 5.82 Å². The van der Waals surface area contributed by atoms with Gasteiger partial charge in [-0.05, 0) is 24.5 Å². The van der Waals surface area contributed by atoms with Crippen LogP contribution in [-0.4, -0.2) is 48.8 Å². The molecule has 5 heteroatoms. The Morgan fingerprint density at radius 2 is 2.15 bits per heavy atom. The summed E-state index contributed by atoms with van der Waals surface area (Å²) in [4.78, 5) is 20.3. The molecule has 0 aromatic carbocycles. The lowest BCUT2D eigenvalue weighted by Gasteiger charge is -2.22. The maximum Gasteiger partial charge on any atom is 0.409 e. The molecular formula is C15H23N3O2. The Kier molecular flexibility index (Phi) is 5.21. The van der Waals surface area contributed by atoms with Crippen LogP contribution in [0.15, 0.2) is 24.4 Å². The van der Waals surface area contributed by atoms with Crippen LogP contribution in [0.25, 0.3) is 0 Å². The molecule has 1 aromatic heterocycles. The second-order valence-corrected chi connectivity index (χ2v) is 5.49. The Morgan fingerprint density at radius 1 is 1.30 bits per heavy atom. The highest BCUT2D eigenvalue weighted by molar-refractivity contribution is 5.67. The molecule has 20 heavy (non-hydrogen) atoms. The Bertz CT molecular complexity index is 422. The zero-order valence-corrected chi connectivity index (χ0v) is 12.3. The summed E-state index contributed by atoms with van der Waals surface area (Å²) in [5.41, 5.74) is 0. The molecule has 0 N–H and O–H groups in total. The number of anilines is 1. The van der Waals surface area contributed by atoms with Crippen molar-refractivity contribution in [1.29, 1.82) is 0 Å². The maximum absolute atomic E-state index is 12.0. The summed E-state index contributed by atoms with van der Waals surface area (Å²) < 4.78 is 5.29. The maximum atomic E-state index is 12.0. The van der Waals surface area contributed by atoms with Crippen molar-refractivity contribution < 1.29 is 9.53 Å². The van der Waals surface area contributed by atoms with Crippen molar-refractivity contribution in [3.05, 3.63) is 24.4 Å². The van der Waals surface area contributed by atoms with Crippen molar-refractivity contribution in [2.75, 3.05) is 37.7 Å². The summed E-state index contributed by atoms with van der Waals surface area (Å²) in [6.07, 6.45) is 2.55. The minimum absolute atomic E-state index is 0.193. The monoisotopic (exact) mass is 277 g/mol.